The summed E-state index contributed by atoms with van der Waals surface area (Å²) in [4.78, 5) is 12.4. The van der Waals surface area contributed by atoms with E-state index in [9.17, 15) is 10.1 Å². The van der Waals surface area contributed by atoms with E-state index in [-0.39, 0.29) is 22.7 Å². The lowest BCUT2D eigenvalue weighted by Crippen LogP contribution is -2.38. The monoisotopic (exact) mass is 415 g/mol. The summed E-state index contributed by atoms with van der Waals surface area (Å²) in [6, 6.07) is 24.4. The molecule has 4 rings (SSSR count). The zero-order chi connectivity index (χ0) is 21.8. The van der Waals surface area contributed by atoms with Crippen LogP contribution >= 0.6 is 0 Å². The van der Waals surface area contributed by atoms with Gasteiger partial charge in [-0.15, -0.1) is 0 Å². The van der Waals surface area contributed by atoms with Crippen molar-refractivity contribution in [3.63, 3.8) is 0 Å². The first-order valence-electron chi connectivity index (χ1n) is 10.3. The smallest absolute Gasteiger partial charge is 0.230 e. The molecule has 5 heteroatoms. The lowest BCUT2D eigenvalue weighted by Gasteiger charge is -2.35. The zero-order valence-corrected chi connectivity index (χ0v) is 17.5. The van der Waals surface area contributed by atoms with Crippen LogP contribution in [-0.4, -0.2) is 25.2 Å². The van der Waals surface area contributed by atoms with Gasteiger partial charge in [0, 0.05) is 10.8 Å². The second kappa shape index (κ2) is 9.04. The van der Waals surface area contributed by atoms with E-state index in [1.165, 1.54) is 0 Å². The van der Waals surface area contributed by atoms with Crippen molar-refractivity contribution < 1.29 is 14.4 Å². The van der Waals surface area contributed by atoms with Crippen molar-refractivity contribution in [3.8, 4) is 11.5 Å². The van der Waals surface area contributed by atoms with Crippen LogP contribution in [0.3, 0.4) is 0 Å². The largest absolute Gasteiger partial charge is 0.493 e. The van der Waals surface area contributed by atoms with Gasteiger partial charge in [0.1, 0.15) is 0 Å². The first-order valence-corrected chi connectivity index (χ1v) is 10.3. The van der Waals surface area contributed by atoms with Gasteiger partial charge in [0.05, 0.1) is 26.1 Å². The predicted octanol–water partition coefficient (Wildman–Crippen LogP) is 5.57. The summed E-state index contributed by atoms with van der Waals surface area (Å²) in [5, 5.41) is 12.5. The van der Waals surface area contributed by atoms with E-state index in [1.54, 1.807) is 14.2 Å². The fraction of sp³-hybridized carbons (Fsp3) is 0.231. The number of allylic oxidation sites excluding steroid dienone is 1. The molecule has 0 heterocycles. The normalized spacial score (nSPS) is 22.6. The number of nitrogens with zero attached hydrogens (tertiary/aromatic N) is 1. The Labute approximate surface area is 182 Å². The highest BCUT2D eigenvalue weighted by atomic mass is 16.6. The number of methoxy groups -OCH3 is 2. The third-order valence-electron chi connectivity index (χ3n) is 6.05. The second-order valence-corrected chi connectivity index (χ2v) is 7.67. The zero-order valence-electron chi connectivity index (χ0n) is 17.5. The Kier molecular flexibility index (Phi) is 6.03. The molecule has 158 valence electrons. The maximum absolute atomic E-state index is 12.5. The molecule has 0 unspecified atom stereocenters. The van der Waals surface area contributed by atoms with Crippen LogP contribution in [0, 0.1) is 10.1 Å². The van der Waals surface area contributed by atoms with Gasteiger partial charge >= 0.3 is 0 Å². The van der Waals surface area contributed by atoms with Crippen molar-refractivity contribution in [2.24, 2.45) is 0 Å². The van der Waals surface area contributed by atoms with Crippen LogP contribution in [0.4, 0.5) is 0 Å². The van der Waals surface area contributed by atoms with Gasteiger partial charge in [-0.3, -0.25) is 10.1 Å². The van der Waals surface area contributed by atoms with Crippen LogP contribution in [-0.2, 0) is 0 Å². The molecule has 4 atom stereocenters. The number of hydrogen-bond donors (Lipinski definition) is 0. The number of ether oxygens (including phenoxy) is 2. The highest BCUT2D eigenvalue weighted by molar-refractivity contribution is 5.47. The Morgan fingerprint density at radius 2 is 1.26 bits per heavy atom. The lowest BCUT2D eigenvalue weighted by molar-refractivity contribution is -0.530. The molecule has 0 bridgehead atoms. The summed E-state index contributed by atoms with van der Waals surface area (Å²) in [6.07, 6.45) is 4.12. The van der Waals surface area contributed by atoms with Crippen LogP contribution in [0.5, 0.6) is 11.5 Å². The van der Waals surface area contributed by atoms with Gasteiger partial charge in [-0.05, 0) is 28.8 Å². The molecule has 0 fully saturated rings. The van der Waals surface area contributed by atoms with Gasteiger partial charge in [0.25, 0.3) is 0 Å². The van der Waals surface area contributed by atoms with Crippen LogP contribution in [0.1, 0.15) is 34.4 Å². The van der Waals surface area contributed by atoms with Gasteiger partial charge in [0.2, 0.25) is 6.04 Å². The highest BCUT2D eigenvalue weighted by Gasteiger charge is 2.46. The second-order valence-electron chi connectivity index (χ2n) is 7.67. The van der Waals surface area contributed by atoms with Crippen molar-refractivity contribution in [3.05, 3.63) is 118 Å². The molecule has 3 aromatic carbocycles. The first-order chi connectivity index (χ1) is 15.1. The maximum Gasteiger partial charge on any atom is 0.230 e. The van der Waals surface area contributed by atoms with Crippen LogP contribution < -0.4 is 9.47 Å². The molecule has 0 radical (unpaired) electrons. The highest BCUT2D eigenvalue weighted by Crippen LogP contribution is 2.48. The Morgan fingerprint density at radius 3 is 1.81 bits per heavy atom. The number of benzene rings is 3. The fourth-order valence-corrected chi connectivity index (χ4v) is 4.61. The minimum absolute atomic E-state index is 0.127. The first kappa shape index (κ1) is 20.7. The molecule has 0 spiro atoms. The SMILES string of the molecule is COc1ccc([C@H]2[C@@H]([N+](=O)[O-])[C@@H](c3ccccc3)C=C[C@H]2c2ccccc2)cc1OC. The van der Waals surface area contributed by atoms with Crippen molar-refractivity contribution in [2.75, 3.05) is 14.2 Å². The maximum atomic E-state index is 12.5. The van der Waals surface area contributed by atoms with Crippen LogP contribution in [0.15, 0.2) is 91.0 Å². The van der Waals surface area contributed by atoms with Crippen LogP contribution in [0.25, 0.3) is 0 Å². The molecule has 0 aromatic heterocycles. The summed E-state index contributed by atoms with van der Waals surface area (Å²) < 4.78 is 10.9. The average molecular weight is 415 g/mol. The molecule has 0 aliphatic heterocycles. The molecule has 3 aromatic rings. The molecular weight excluding hydrogens is 390 g/mol. The summed E-state index contributed by atoms with van der Waals surface area (Å²) in [6.45, 7) is 0. The third kappa shape index (κ3) is 4.04. The summed E-state index contributed by atoms with van der Waals surface area (Å²) in [5.41, 5.74) is 2.85. The van der Waals surface area contributed by atoms with Gasteiger partial charge in [0.15, 0.2) is 11.5 Å². The molecule has 5 nitrogen and oxygen atoms in total. The van der Waals surface area contributed by atoms with E-state index in [0.717, 1.165) is 16.7 Å². The Balaban J connectivity index is 1.89. The molecule has 31 heavy (non-hydrogen) atoms. The molecule has 0 saturated carbocycles. The minimum Gasteiger partial charge on any atom is -0.493 e. The Bertz CT molecular complexity index is 1070. The van der Waals surface area contributed by atoms with Crippen molar-refractivity contribution in [1.29, 1.82) is 0 Å². The molecule has 0 saturated heterocycles. The summed E-state index contributed by atoms with van der Waals surface area (Å²) in [5.74, 6) is 0.349. The van der Waals surface area contributed by atoms with E-state index in [4.69, 9.17) is 9.47 Å². The Morgan fingerprint density at radius 1 is 0.710 bits per heavy atom. The minimum atomic E-state index is -0.823. The van der Waals surface area contributed by atoms with E-state index in [0.29, 0.717) is 11.5 Å². The van der Waals surface area contributed by atoms with Crippen LogP contribution in [0.2, 0.25) is 0 Å². The standard InChI is InChI=1S/C26H25NO4/c1-30-23-16-13-20(17-24(23)31-2)25-21(18-9-5-3-6-10-18)14-15-22(26(25)27(28)29)19-11-7-4-8-12-19/h3-17,21-22,25-26H,1-2H3/t21-,22+,25+,26-/m0/s1. The van der Waals surface area contributed by atoms with Gasteiger partial charge in [-0.2, -0.15) is 0 Å². The Hall–Kier alpha value is -3.60. The number of hydrogen-bond acceptors (Lipinski definition) is 4. The summed E-state index contributed by atoms with van der Waals surface area (Å²) >= 11 is 0. The molecule has 1 aliphatic carbocycles. The van der Waals surface area contributed by atoms with Crippen molar-refractivity contribution >= 4 is 0 Å². The third-order valence-corrected chi connectivity index (χ3v) is 6.05. The van der Waals surface area contributed by atoms with Gasteiger partial charge in [-0.1, -0.05) is 78.9 Å². The average Bonchev–Trinajstić information content (AvgIpc) is 2.83. The molecule has 0 amide bonds. The predicted molar refractivity (Wildman–Crippen MR) is 121 cm³/mol. The van der Waals surface area contributed by atoms with E-state index in [1.807, 2.05) is 84.9 Å². The van der Waals surface area contributed by atoms with Crippen molar-refractivity contribution in [1.82, 2.24) is 0 Å². The molecule has 0 N–H and O–H groups in total. The molecule has 1 aliphatic rings. The van der Waals surface area contributed by atoms with E-state index >= 15 is 0 Å². The van der Waals surface area contributed by atoms with Crippen molar-refractivity contribution in [2.45, 2.75) is 23.8 Å². The lowest BCUT2D eigenvalue weighted by atomic mass is 9.68. The van der Waals surface area contributed by atoms with Gasteiger partial charge in [-0.25, -0.2) is 0 Å². The van der Waals surface area contributed by atoms with Gasteiger partial charge < -0.3 is 9.47 Å². The van der Waals surface area contributed by atoms with E-state index < -0.39 is 6.04 Å². The quantitative estimate of drug-likeness (QED) is 0.300. The fourth-order valence-electron chi connectivity index (χ4n) is 4.61. The number of rotatable bonds is 6. The molecular formula is C26H25NO4. The number of nitro groups is 1. The topological polar surface area (TPSA) is 61.6 Å². The van der Waals surface area contributed by atoms with E-state index in [2.05, 4.69) is 6.08 Å². The summed E-state index contributed by atoms with van der Waals surface area (Å²) in [7, 11) is 3.16.